The van der Waals surface area contributed by atoms with Gasteiger partial charge in [-0.25, -0.2) is 0 Å². The highest BCUT2D eigenvalue weighted by molar-refractivity contribution is 5.74. The number of nitrogens with one attached hydrogen (secondary N) is 1. The minimum absolute atomic E-state index is 0.132. The molecule has 5 heteroatoms. The van der Waals surface area contributed by atoms with Gasteiger partial charge in [-0.1, -0.05) is 43.3 Å². The first kappa shape index (κ1) is 18.3. The van der Waals surface area contributed by atoms with E-state index in [-0.39, 0.29) is 30.0 Å². The van der Waals surface area contributed by atoms with E-state index in [0.717, 1.165) is 32.0 Å². The second-order valence-corrected chi connectivity index (χ2v) is 9.95. The maximum Gasteiger partial charge on any atom is 0.150 e. The third-order valence-electron chi connectivity index (χ3n) is 8.79. The van der Waals surface area contributed by atoms with E-state index in [1.165, 1.54) is 5.56 Å². The van der Waals surface area contributed by atoms with Gasteiger partial charge in [-0.15, -0.1) is 0 Å². The van der Waals surface area contributed by atoms with Gasteiger partial charge in [0.05, 0.1) is 12.1 Å². The molecule has 7 rings (SSSR count). The van der Waals surface area contributed by atoms with E-state index in [2.05, 4.69) is 41.4 Å². The fourth-order valence-electron chi connectivity index (χ4n) is 7.39. The number of carbonyl (C=O) groups is 1. The zero-order valence-electron chi connectivity index (χ0n) is 16.8. The zero-order chi connectivity index (χ0) is 19.9. The molecule has 1 unspecified atom stereocenters. The molecular formula is C24H30N2O3. The van der Waals surface area contributed by atoms with Crippen molar-refractivity contribution in [3.05, 3.63) is 47.5 Å². The first-order valence-corrected chi connectivity index (χ1v) is 11.2. The molecule has 4 bridgehead atoms. The van der Waals surface area contributed by atoms with Gasteiger partial charge in [-0.3, -0.25) is 9.69 Å². The summed E-state index contributed by atoms with van der Waals surface area (Å²) in [7, 11) is 0. The topological polar surface area (TPSA) is 72.6 Å². The molecule has 29 heavy (non-hydrogen) atoms. The van der Waals surface area contributed by atoms with Gasteiger partial charge in [0.15, 0.2) is 0 Å². The summed E-state index contributed by atoms with van der Waals surface area (Å²) >= 11 is 0. The van der Waals surface area contributed by atoms with Crippen molar-refractivity contribution in [2.75, 3.05) is 0 Å². The predicted octanol–water partition coefficient (Wildman–Crippen LogP) is 2.05. The number of aliphatic hydroxyl groups excluding tert-OH is 1. The van der Waals surface area contributed by atoms with Crippen LogP contribution in [0.25, 0.3) is 0 Å². The molecule has 3 N–H and O–H groups in total. The van der Waals surface area contributed by atoms with Crippen LogP contribution in [0.4, 0.5) is 0 Å². The van der Waals surface area contributed by atoms with Gasteiger partial charge in [0.2, 0.25) is 0 Å². The average molecular weight is 395 g/mol. The summed E-state index contributed by atoms with van der Waals surface area (Å²) in [5, 5.41) is 25.7. The molecule has 5 nitrogen and oxygen atoms in total. The standard InChI is InChI=1S/C24H30N2O3/c1-13(15-4-2-14(12-27)3-5-15)23-17-7-11-21-24(29,26(21)23)22(17)19-8-6-16-18(25-19)9-10-20(16)28/h2-5,7,11-13,16-23,25,28-29H,6,8-10H2,1H3/t13-,16-,17+,18-,19+,20+,21-,22-,23-,24-,26?/m1/s1. The van der Waals surface area contributed by atoms with Gasteiger partial charge in [0.1, 0.15) is 12.0 Å². The van der Waals surface area contributed by atoms with Crippen LogP contribution in [0.2, 0.25) is 0 Å². The van der Waals surface area contributed by atoms with Crippen LogP contribution in [0.1, 0.15) is 54.4 Å². The second kappa shape index (κ2) is 6.24. The molecule has 4 aliphatic heterocycles. The Morgan fingerprint density at radius 2 is 1.90 bits per heavy atom. The summed E-state index contributed by atoms with van der Waals surface area (Å²) in [4.78, 5) is 13.3. The quantitative estimate of drug-likeness (QED) is 0.414. The number of benzene rings is 1. The van der Waals surface area contributed by atoms with Gasteiger partial charge in [-0.05, 0) is 37.2 Å². The molecular weight excluding hydrogens is 364 g/mol. The molecule has 4 heterocycles. The van der Waals surface area contributed by atoms with Crippen LogP contribution in [0.5, 0.6) is 0 Å². The molecule has 11 atom stereocenters. The van der Waals surface area contributed by atoms with Crippen molar-refractivity contribution in [1.82, 2.24) is 10.2 Å². The van der Waals surface area contributed by atoms with Crippen LogP contribution in [0.3, 0.4) is 0 Å². The largest absolute Gasteiger partial charge is 0.393 e. The Labute approximate surface area is 171 Å². The molecule has 0 radical (unpaired) electrons. The monoisotopic (exact) mass is 394 g/mol. The minimum atomic E-state index is -0.719. The highest BCUT2D eigenvalue weighted by Crippen LogP contribution is 2.65. The molecule has 1 aromatic rings. The Kier molecular flexibility index (Phi) is 3.93. The lowest BCUT2D eigenvalue weighted by Crippen LogP contribution is -2.55. The van der Waals surface area contributed by atoms with Gasteiger partial charge >= 0.3 is 0 Å². The normalized spacial score (nSPS) is 50.2. The van der Waals surface area contributed by atoms with E-state index in [1.54, 1.807) is 0 Å². The maximum atomic E-state index is 11.7. The Morgan fingerprint density at radius 1 is 1.14 bits per heavy atom. The van der Waals surface area contributed by atoms with Crippen LogP contribution in [0.15, 0.2) is 36.4 Å². The number of aliphatic hydroxyl groups is 2. The van der Waals surface area contributed by atoms with Gasteiger partial charge in [0, 0.05) is 41.4 Å². The van der Waals surface area contributed by atoms with Crippen LogP contribution < -0.4 is 5.32 Å². The molecule has 154 valence electrons. The number of fused-ring (bicyclic) bond motifs is 1. The number of aldehydes is 1. The van der Waals surface area contributed by atoms with Gasteiger partial charge in [0.25, 0.3) is 0 Å². The summed E-state index contributed by atoms with van der Waals surface area (Å²) in [6.07, 6.45) is 9.32. The van der Waals surface area contributed by atoms with Gasteiger partial charge < -0.3 is 15.5 Å². The molecule has 0 spiro atoms. The van der Waals surface area contributed by atoms with Crippen molar-refractivity contribution in [3.8, 4) is 0 Å². The Morgan fingerprint density at radius 3 is 2.66 bits per heavy atom. The molecule has 1 saturated carbocycles. The minimum Gasteiger partial charge on any atom is -0.393 e. The summed E-state index contributed by atoms with van der Waals surface area (Å²) in [5.74, 6) is 1.21. The van der Waals surface area contributed by atoms with Crippen LogP contribution >= 0.6 is 0 Å². The molecule has 6 aliphatic rings. The van der Waals surface area contributed by atoms with Crippen molar-refractivity contribution in [1.29, 1.82) is 0 Å². The van der Waals surface area contributed by atoms with Crippen molar-refractivity contribution in [3.63, 3.8) is 0 Å². The average Bonchev–Trinajstić information content (AvgIpc) is 3.08. The molecule has 4 fully saturated rings. The molecule has 3 saturated heterocycles. The Hall–Kier alpha value is -1.53. The lowest BCUT2D eigenvalue weighted by Gasteiger charge is -2.43. The third kappa shape index (κ3) is 2.39. The number of hydrogen-bond acceptors (Lipinski definition) is 5. The highest BCUT2D eigenvalue weighted by Gasteiger charge is 2.78. The SMILES string of the molecule is C[C@H](c1ccc(C=O)cc1)[C@@H]1[C@H]2C=C[C@H]3N1[C@]3(O)[C@H]2[C@@H]1CC[C@H]2[C@@H](O)CC[C@H]2N1. The summed E-state index contributed by atoms with van der Waals surface area (Å²) < 4.78 is 0. The van der Waals surface area contributed by atoms with Crippen molar-refractivity contribution in [2.24, 2.45) is 17.8 Å². The van der Waals surface area contributed by atoms with E-state index < -0.39 is 5.72 Å². The lowest BCUT2D eigenvalue weighted by atomic mass is 9.69. The molecule has 2 aliphatic carbocycles. The van der Waals surface area contributed by atoms with Crippen LogP contribution in [-0.2, 0) is 0 Å². The second-order valence-electron chi connectivity index (χ2n) is 9.95. The Bertz CT molecular complexity index is 854. The number of rotatable bonds is 4. The van der Waals surface area contributed by atoms with Crippen LogP contribution in [-0.4, -0.2) is 57.4 Å². The van der Waals surface area contributed by atoms with Gasteiger partial charge in [-0.2, -0.15) is 0 Å². The van der Waals surface area contributed by atoms with Crippen molar-refractivity contribution >= 4 is 6.29 Å². The molecule has 1 aromatic carbocycles. The van der Waals surface area contributed by atoms with E-state index in [9.17, 15) is 15.0 Å². The fraction of sp³-hybridized carbons (Fsp3) is 0.625. The maximum absolute atomic E-state index is 11.7. The number of piperidine rings is 2. The number of carbonyl (C=O) groups excluding carboxylic acids is 1. The first-order chi connectivity index (χ1) is 14.0. The van der Waals surface area contributed by atoms with E-state index >= 15 is 0 Å². The highest BCUT2D eigenvalue weighted by atomic mass is 16.3. The van der Waals surface area contributed by atoms with E-state index in [0.29, 0.717) is 29.5 Å². The first-order valence-electron chi connectivity index (χ1n) is 11.2. The third-order valence-corrected chi connectivity index (χ3v) is 8.79. The number of hydrogen-bond donors (Lipinski definition) is 3. The summed E-state index contributed by atoms with van der Waals surface area (Å²) in [6, 6.07) is 9.03. The smallest absolute Gasteiger partial charge is 0.150 e. The Balaban J connectivity index is 1.27. The molecule has 0 amide bonds. The summed E-state index contributed by atoms with van der Waals surface area (Å²) in [6.45, 7) is 2.25. The van der Waals surface area contributed by atoms with Crippen molar-refractivity contribution < 1.29 is 15.0 Å². The lowest BCUT2D eigenvalue weighted by molar-refractivity contribution is 0.0130. The summed E-state index contributed by atoms with van der Waals surface area (Å²) in [5.41, 5.74) is 1.21. The van der Waals surface area contributed by atoms with Crippen molar-refractivity contribution in [2.45, 2.75) is 74.5 Å². The van der Waals surface area contributed by atoms with E-state index in [1.807, 2.05) is 12.1 Å². The number of nitrogens with zero attached hydrogens (tertiary/aromatic N) is 1. The molecule has 0 aromatic heterocycles. The predicted molar refractivity (Wildman–Crippen MR) is 109 cm³/mol. The zero-order valence-corrected chi connectivity index (χ0v) is 16.8. The fourth-order valence-corrected chi connectivity index (χ4v) is 7.39. The van der Waals surface area contributed by atoms with Crippen LogP contribution in [0, 0.1) is 17.8 Å². The van der Waals surface area contributed by atoms with E-state index in [4.69, 9.17) is 0 Å².